The van der Waals surface area contributed by atoms with Gasteiger partial charge in [0, 0.05) is 27.8 Å². The molecule has 1 aromatic heterocycles. The SMILES string of the molecule is c1ccc(-c2ccc(N(c3ccc(-c4ccccc4)cc3)c3ccc(-c4cccc(C5(c6ccccc6)c6cccc7oc8cccc5c8c67)c4)cc3)cc2)cc1. The minimum absolute atomic E-state index is 0.480. The van der Waals surface area contributed by atoms with E-state index in [9.17, 15) is 0 Å². The lowest BCUT2D eigenvalue weighted by molar-refractivity contribution is 0.663. The smallest absolute Gasteiger partial charge is 0.135 e. The molecule has 0 atom stereocenters. The topological polar surface area (TPSA) is 16.4 Å². The van der Waals surface area contributed by atoms with Gasteiger partial charge in [0.2, 0.25) is 0 Å². The lowest BCUT2D eigenvalue weighted by Gasteiger charge is -2.34. The molecular formula is C55H37NO. The maximum atomic E-state index is 6.37. The van der Waals surface area contributed by atoms with E-state index >= 15 is 0 Å². The van der Waals surface area contributed by atoms with Crippen LogP contribution >= 0.6 is 0 Å². The molecule has 11 rings (SSSR count). The fourth-order valence-corrected chi connectivity index (χ4v) is 9.16. The highest BCUT2D eigenvalue weighted by atomic mass is 16.3. The van der Waals surface area contributed by atoms with Gasteiger partial charge in [-0.1, -0.05) is 170 Å². The van der Waals surface area contributed by atoms with Crippen LogP contribution in [0.2, 0.25) is 0 Å². The average Bonchev–Trinajstić information content (AvgIpc) is 3.84. The first-order chi connectivity index (χ1) is 28.3. The van der Waals surface area contributed by atoms with Gasteiger partial charge in [-0.3, -0.25) is 0 Å². The van der Waals surface area contributed by atoms with E-state index in [1.165, 1.54) is 66.4 Å². The molecule has 0 N–H and O–H groups in total. The van der Waals surface area contributed by atoms with E-state index in [4.69, 9.17) is 4.42 Å². The molecule has 1 heterocycles. The van der Waals surface area contributed by atoms with Gasteiger partial charge in [0.05, 0.1) is 5.41 Å². The Labute approximate surface area is 332 Å². The summed E-state index contributed by atoms with van der Waals surface area (Å²) in [5, 5.41) is 2.44. The van der Waals surface area contributed by atoms with Gasteiger partial charge in [-0.2, -0.15) is 0 Å². The Hall–Kier alpha value is -7.42. The maximum Gasteiger partial charge on any atom is 0.135 e. The summed E-state index contributed by atoms with van der Waals surface area (Å²) in [7, 11) is 0. The third kappa shape index (κ3) is 5.33. The highest BCUT2D eigenvalue weighted by molar-refractivity contribution is 6.14. The summed E-state index contributed by atoms with van der Waals surface area (Å²) in [5.74, 6) is 0. The van der Waals surface area contributed by atoms with Gasteiger partial charge in [0.15, 0.2) is 0 Å². The van der Waals surface area contributed by atoms with Crippen molar-refractivity contribution in [1.29, 1.82) is 0 Å². The molecule has 1 aliphatic carbocycles. The molecule has 268 valence electrons. The van der Waals surface area contributed by atoms with E-state index < -0.39 is 5.41 Å². The van der Waals surface area contributed by atoms with Crippen molar-refractivity contribution < 1.29 is 4.42 Å². The first-order valence-corrected chi connectivity index (χ1v) is 19.6. The predicted molar refractivity (Wildman–Crippen MR) is 237 cm³/mol. The molecule has 0 aliphatic heterocycles. The molecule has 0 fully saturated rings. The van der Waals surface area contributed by atoms with Crippen LogP contribution in [0, 0.1) is 0 Å². The Morgan fingerprint density at radius 2 is 0.667 bits per heavy atom. The largest absolute Gasteiger partial charge is 0.456 e. The van der Waals surface area contributed by atoms with E-state index in [1.54, 1.807) is 0 Å². The summed E-state index contributed by atoms with van der Waals surface area (Å²) in [6.07, 6.45) is 0. The number of hydrogen-bond donors (Lipinski definition) is 0. The first-order valence-electron chi connectivity index (χ1n) is 19.6. The van der Waals surface area contributed by atoms with Crippen molar-refractivity contribution in [2.45, 2.75) is 5.41 Å². The van der Waals surface area contributed by atoms with Crippen molar-refractivity contribution in [3.8, 4) is 33.4 Å². The Morgan fingerprint density at radius 3 is 1.14 bits per heavy atom. The van der Waals surface area contributed by atoms with Crippen molar-refractivity contribution in [2.24, 2.45) is 0 Å². The highest BCUT2D eigenvalue weighted by Gasteiger charge is 2.46. The van der Waals surface area contributed by atoms with Crippen molar-refractivity contribution in [2.75, 3.05) is 4.90 Å². The van der Waals surface area contributed by atoms with E-state index in [2.05, 4.69) is 229 Å². The molecule has 0 amide bonds. The number of rotatable bonds is 8. The average molecular weight is 728 g/mol. The Morgan fingerprint density at radius 1 is 0.298 bits per heavy atom. The van der Waals surface area contributed by atoms with Crippen LogP contribution in [-0.4, -0.2) is 0 Å². The molecule has 0 saturated carbocycles. The monoisotopic (exact) mass is 727 g/mol. The summed E-state index contributed by atoms with van der Waals surface area (Å²) in [6.45, 7) is 0. The summed E-state index contributed by atoms with van der Waals surface area (Å²) in [4.78, 5) is 2.34. The van der Waals surface area contributed by atoms with Crippen LogP contribution in [0.3, 0.4) is 0 Å². The maximum absolute atomic E-state index is 6.37. The second-order valence-electron chi connectivity index (χ2n) is 14.9. The molecule has 0 spiro atoms. The van der Waals surface area contributed by atoms with Gasteiger partial charge in [-0.15, -0.1) is 0 Å². The van der Waals surface area contributed by atoms with E-state index in [0.29, 0.717) is 0 Å². The zero-order valence-electron chi connectivity index (χ0n) is 31.2. The zero-order chi connectivity index (χ0) is 37.8. The Bertz CT molecular complexity index is 2880. The van der Waals surface area contributed by atoms with Crippen LogP contribution in [-0.2, 0) is 5.41 Å². The third-order valence-electron chi connectivity index (χ3n) is 11.8. The van der Waals surface area contributed by atoms with Crippen molar-refractivity contribution in [3.63, 3.8) is 0 Å². The molecular weight excluding hydrogens is 691 g/mol. The van der Waals surface area contributed by atoms with Gasteiger partial charge in [-0.05, 0) is 110 Å². The second-order valence-corrected chi connectivity index (χ2v) is 14.9. The van der Waals surface area contributed by atoms with Crippen LogP contribution in [0.5, 0.6) is 0 Å². The van der Waals surface area contributed by atoms with Crippen LogP contribution in [0.15, 0.2) is 229 Å². The molecule has 2 nitrogen and oxygen atoms in total. The standard InChI is InChI=1S/C55H37NO/c1-4-13-38(14-5-1)40-25-31-46(32-26-40)56(47-33-27-41(28-34-47)39-15-6-2-7-16-39)48-35-29-42(30-36-48)43-17-10-20-45(37-43)55(44-18-8-3-9-19-44)49-21-11-23-51-53(49)54-50(55)22-12-24-52(54)57-51/h1-37H. The van der Waals surface area contributed by atoms with Gasteiger partial charge < -0.3 is 9.32 Å². The minimum atomic E-state index is -0.480. The lowest BCUT2D eigenvalue weighted by Crippen LogP contribution is -2.28. The van der Waals surface area contributed by atoms with Crippen LogP contribution < -0.4 is 4.90 Å². The van der Waals surface area contributed by atoms with Gasteiger partial charge in [-0.25, -0.2) is 0 Å². The van der Waals surface area contributed by atoms with E-state index in [1.807, 2.05) is 0 Å². The normalized spacial score (nSPS) is 12.7. The number of benzene rings is 9. The molecule has 0 saturated heterocycles. The molecule has 1 aliphatic rings. The second kappa shape index (κ2) is 13.4. The molecule has 0 radical (unpaired) electrons. The number of hydrogen-bond acceptors (Lipinski definition) is 2. The Balaban J connectivity index is 1.00. The minimum Gasteiger partial charge on any atom is -0.456 e. The Kier molecular flexibility index (Phi) is 7.75. The lowest BCUT2D eigenvalue weighted by atomic mass is 9.67. The van der Waals surface area contributed by atoms with E-state index in [0.717, 1.165) is 28.2 Å². The molecule has 9 aromatic carbocycles. The summed E-state index contributed by atoms with van der Waals surface area (Å²) in [5.41, 5.74) is 16.9. The zero-order valence-corrected chi connectivity index (χ0v) is 31.2. The highest BCUT2D eigenvalue weighted by Crippen LogP contribution is 2.57. The van der Waals surface area contributed by atoms with Crippen molar-refractivity contribution >= 4 is 39.0 Å². The molecule has 57 heavy (non-hydrogen) atoms. The fraction of sp³-hybridized carbons (Fsp3) is 0.0182. The first kappa shape index (κ1) is 33.0. The molecule has 0 bridgehead atoms. The number of furan rings is 1. The van der Waals surface area contributed by atoms with Gasteiger partial charge in [0.25, 0.3) is 0 Å². The molecule has 0 unspecified atom stereocenters. The van der Waals surface area contributed by atoms with Crippen LogP contribution in [0.1, 0.15) is 22.3 Å². The fourth-order valence-electron chi connectivity index (χ4n) is 9.16. The van der Waals surface area contributed by atoms with Crippen LogP contribution in [0.25, 0.3) is 55.3 Å². The van der Waals surface area contributed by atoms with E-state index in [-0.39, 0.29) is 0 Å². The van der Waals surface area contributed by atoms with Crippen molar-refractivity contribution in [3.05, 3.63) is 247 Å². The summed E-state index contributed by atoms with van der Waals surface area (Å²) in [6, 6.07) is 81.1. The summed E-state index contributed by atoms with van der Waals surface area (Å²) < 4.78 is 6.37. The van der Waals surface area contributed by atoms with Gasteiger partial charge in [0.1, 0.15) is 11.2 Å². The molecule has 2 heteroatoms. The van der Waals surface area contributed by atoms with Crippen LogP contribution in [0.4, 0.5) is 17.1 Å². The van der Waals surface area contributed by atoms with Gasteiger partial charge >= 0.3 is 0 Å². The van der Waals surface area contributed by atoms with Crippen molar-refractivity contribution in [1.82, 2.24) is 0 Å². The predicted octanol–water partition coefficient (Wildman–Crippen LogP) is 14.8. The number of anilines is 3. The summed E-state index contributed by atoms with van der Waals surface area (Å²) >= 11 is 0. The molecule has 10 aromatic rings. The third-order valence-corrected chi connectivity index (χ3v) is 11.8. The number of nitrogens with zero attached hydrogens (tertiary/aromatic N) is 1. The quantitative estimate of drug-likeness (QED) is 0.155.